The third-order valence-corrected chi connectivity index (χ3v) is 4.81. The number of benzene rings is 2. The molecule has 0 unspecified atom stereocenters. The van der Waals surface area contributed by atoms with Crippen LogP contribution >= 0.6 is 15.9 Å². The van der Waals surface area contributed by atoms with Gasteiger partial charge < -0.3 is 19.7 Å². The van der Waals surface area contributed by atoms with Crippen LogP contribution in [0.2, 0.25) is 0 Å². The molecule has 29 heavy (non-hydrogen) atoms. The summed E-state index contributed by atoms with van der Waals surface area (Å²) in [5, 5.41) is 2.86. The predicted octanol–water partition coefficient (Wildman–Crippen LogP) is 3.78. The van der Waals surface area contributed by atoms with E-state index in [1.807, 2.05) is 38.1 Å². The third kappa shape index (κ3) is 7.09. The molecular formula is C22H27BrN2O4. The van der Waals surface area contributed by atoms with Crippen LogP contribution in [0.5, 0.6) is 11.5 Å². The summed E-state index contributed by atoms with van der Waals surface area (Å²) in [6.45, 7) is 5.64. The maximum absolute atomic E-state index is 12.9. The van der Waals surface area contributed by atoms with Gasteiger partial charge in [0.2, 0.25) is 5.91 Å². The van der Waals surface area contributed by atoms with E-state index in [0.29, 0.717) is 18.0 Å². The molecule has 6 nitrogen and oxygen atoms in total. The summed E-state index contributed by atoms with van der Waals surface area (Å²) < 4.78 is 11.7. The largest absolute Gasteiger partial charge is 0.497 e. The Morgan fingerprint density at radius 3 is 2.14 bits per heavy atom. The van der Waals surface area contributed by atoms with Crippen LogP contribution in [0.1, 0.15) is 26.3 Å². The van der Waals surface area contributed by atoms with Gasteiger partial charge in [-0.3, -0.25) is 9.59 Å². The Balaban J connectivity index is 2.11. The molecule has 0 saturated carbocycles. The number of ether oxygens (including phenoxy) is 2. The Morgan fingerprint density at radius 1 is 1.00 bits per heavy atom. The Labute approximate surface area is 180 Å². The van der Waals surface area contributed by atoms with E-state index in [-0.39, 0.29) is 24.5 Å². The Kier molecular flexibility index (Phi) is 8.51. The number of carbonyl (C=O) groups excluding carboxylic acids is 2. The molecule has 2 aromatic carbocycles. The number of nitrogens with zero attached hydrogens (tertiary/aromatic N) is 1. The zero-order chi connectivity index (χ0) is 21.4. The number of amides is 2. The van der Waals surface area contributed by atoms with Crippen LogP contribution in [0, 0.1) is 0 Å². The molecule has 0 heterocycles. The molecule has 156 valence electrons. The van der Waals surface area contributed by atoms with Crippen molar-refractivity contribution in [1.29, 1.82) is 0 Å². The molecule has 1 N–H and O–H groups in total. The van der Waals surface area contributed by atoms with Crippen molar-refractivity contribution >= 4 is 27.7 Å². The average Bonchev–Trinajstić information content (AvgIpc) is 2.71. The van der Waals surface area contributed by atoms with E-state index in [1.165, 1.54) is 4.90 Å². The lowest BCUT2D eigenvalue weighted by Crippen LogP contribution is -2.50. The molecule has 0 aliphatic rings. The van der Waals surface area contributed by atoms with Crippen molar-refractivity contribution in [3.05, 3.63) is 58.6 Å². The third-order valence-electron chi connectivity index (χ3n) is 4.29. The monoisotopic (exact) mass is 462 g/mol. The highest BCUT2D eigenvalue weighted by Crippen LogP contribution is 2.18. The highest BCUT2D eigenvalue weighted by atomic mass is 79.9. The summed E-state index contributed by atoms with van der Waals surface area (Å²) in [7, 11) is 1.59. The molecule has 0 aliphatic carbocycles. The lowest BCUT2D eigenvalue weighted by atomic mass is 10.1. The van der Waals surface area contributed by atoms with Crippen LogP contribution in [0.3, 0.4) is 0 Å². The molecule has 7 heteroatoms. The maximum Gasteiger partial charge on any atom is 0.261 e. The van der Waals surface area contributed by atoms with Gasteiger partial charge in [0.25, 0.3) is 5.91 Å². The van der Waals surface area contributed by atoms with Crippen LogP contribution in [0.4, 0.5) is 0 Å². The minimum absolute atomic E-state index is 0.00914. The van der Waals surface area contributed by atoms with E-state index < -0.39 is 6.04 Å². The van der Waals surface area contributed by atoms with Crippen molar-refractivity contribution in [2.24, 2.45) is 0 Å². The van der Waals surface area contributed by atoms with Crippen LogP contribution in [0.25, 0.3) is 0 Å². The minimum atomic E-state index is -0.631. The van der Waals surface area contributed by atoms with E-state index in [0.717, 1.165) is 10.0 Å². The number of halogens is 1. The maximum atomic E-state index is 12.9. The van der Waals surface area contributed by atoms with Crippen molar-refractivity contribution in [2.45, 2.75) is 39.4 Å². The van der Waals surface area contributed by atoms with Crippen molar-refractivity contribution in [3.8, 4) is 11.5 Å². The minimum Gasteiger partial charge on any atom is -0.497 e. The predicted molar refractivity (Wildman–Crippen MR) is 116 cm³/mol. The van der Waals surface area contributed by atoms with Crippen molar-refractivity contribution in [3.63, 3.8) is 0 Å². The van der Waals surface area contributed by atoms with Gasteiger partial charge in [0.05, 0.1) is 7.11 Å². The Morgan fingerprint density at radius 2 is 1.59 bits per heavy atom. The molecule has 0 radical (unpaired) electrons. The van der Waals surface area contributed by atoms with Gasteiger partial charge in [0, 0.05) is 17.1 Å². The fourth-order valence-electron chi connectivity index (χ4n) is 2.67. The first-order valence-corrected chi connectivity index (χ1v) is 10.2. The summed E-state index contributed by atoms with van der Waals surface area (Å²) in [5.74, 6) is 0.798. The number of methoxy groups -OCH3 is 1. The second kappa shape index (κ2) is 10.9. The van der Waals surface area contributed by atoms with Gasteiger partial charge in [-0.1, -0.05) is 28.1 Å². The van der Waals surface area contributed by atoms with Gasteiger partial charge >= 0.3 is 0 Å². The van der Waals surface area contributed by atoms with Crippen molar-refractivity contribution < 1.29 is 19.1 Å². The molecule has 1 atom stereocenters. The normalized spacial score (nSPS) is 11.7. The van der Waals surface area contributed by atoms with E-state index in [9.17, 15) is 9.59 Å². The average molecular weight is 463 g/mol. The van der Waals surface area contributed by atoms with Crippen LogP contribution in [-0.2, 0) is 16.1 Å². The lowest BCUT2D eigenvalue weighted by Gasteiger charge is -2.29. The van der Waals surface area contributed by atoms with Crippen molar-refractivity contribution in [2.75, 3.05) is 13.7 Å². The van der Waals surface area contributed by atoms with Gasteiger partial charge in [-0.15, -0.1) is 0 Å². The molecule has 0 bridgehead atoms. The zero-order valence-electron chi connectivity index (χ0n) is 17.1. The first kappa shape index (κ1) is 22.7. The quantitative estimate of drug-likeness (QED) is 0.615. The van der Waals surface area contributed by atoms with E-state index >= 15 is 0 Å². The van der Waals surface area contributed by atoms with Crippen LogP contribution in [-0.4, -0.2) is 42.5 Å². The lowest BCUT2D eigenvalue weighted by molar-refractivity contribution is -0.142. The highest BCUT2D eigenvalue weighted by Gasteiger charge is 2.26. The second-order valence-electron chi connectivity index (χ2n) is 6.95. The summed E-state index contributed by atoms with van der Waals surface area (Å²) in [4.78, 5) is 27.0. The van der Waals surface area contributed by atoms with Crippen LogP contribution in [0.15, 0.2) is 53.0 Å². The summed E-state index contributed by atoms with van der Waals surface area (Å²) in [6.07, 6.45) is 0. The van der Waals surface area contributed by atoms with Gasteiger partial charge in [0.15, 0.2) is 6.61 Å². The molecule has 2 rings (SSSR count). The fraction of sp³-hybridized carbons (Fsp3) is 0.364. The molecule has 0 spiro atoms. The van der Waals surface area contributed by atoms with Crippen molar-refractivity contribution in [1.82, 2.24) is 10.2 Å². The number of hydrogen-bond acceptors (Lipinski definition) is 4. The first-order valence-electron chi connectivity index (χ1n) is 9.41. The number of hydrogen-bond donors (Lipinski definition) is 1. The van der Waals surface area contributed by atoms with E-state index in [1.54, 1.807) is 38.3 Å². The highest BCUT2D eigenvalue weighted by molar-refractivity contribution is 9.10. The van der Waals surface area contributed by atoms with Gasteiger partial charge in [-0.25, -0.2) is 0 Å². The van der Waals surface area contributed by atoms with E-state index in [2.05, 4.69) is 21.2 Å². The molecule has 2 aromatic rings. The Hall–Kier alpha value is -2.54. The number of rotatable bonds is 9. The first-order chi connectivity index (χ1) is 13.8. The van der Waals surface area contributed by atoms with Gasteiger partial charge in [0.1, 0.15) is 17.5 Å². The standard InChI is InChI=1S/C22H27BrN2O4/c1-15(2)24-22(27)16(3)25(13-17-5-7-18(23)8-6-17)21(26)14-29-20-11-9-19(28-4)10-12-20/h5-12,15-16H,13-14H2,1-4H3,(H,24,27)/t16-/m1/s1. The molecule has 0 saturated heterocycles. The molecule has 0 fully saturated rings. The molecule has 0 aromatic heterocycles. The van der Waals surface area contributed by atoms with Gasteiger partial charge in [-0.05, 0) is 62.7 Å². The van der Waals surface area contributed by atoms with Crippen LogP contribution < -0.4 is 14.8 Å². The zero-order valence-corrected chi connectivity index (χ0v) is 18.7. The fourth-order valence-corrected chi connectivity index (χ4v) is 2.94. The Bertz CT molecular complexity index is 807. The summed E-state index contributed by atoms with van der Waals surface area (Å²) >= 11 is 3.41. The second-order valence-corrected chi connectivity index (χ2v) is 7.87. The molecule has 2 amide bonds. The smallest absolute Gasteiger partial charge is 0.261 e. The van der Waals surface area contributed by atoms with Gasteiger partial charge in [-0.2, -0.15) is 0 Å². The molecule has 0 aliphatic heterocycles. The number of nitrogens with one attached hydrogen (secondary N) is 1. The summed E-state index contributed by atoms with van der Waals surface area (Å²) in [6, 6.07) is 14.0. The van der Waals surface area contributed by atoms with E-state index in [4.69, 9.17) is 9.47 Å². The molecular weight excluding hydrogens is 436 g/mol. The number of carbonyl (C=O) groups is 2. The SMILES string of the molecule is COc1ccc(OCC(=O)N(Cc2ccc(Br)cc2)[C@H](C)C(=O)NC(C)C)cc1. The summed E-state index contributed by atoms with van der Waals surface area (Å²) in [5.41, 5.74) is 0.926. The topological polar surface area (TPSA) is 67.9 Å².